The summed E-state index contributed by atoms with van der Waals surface area (Å²) >= 11 is 1.50. The Balaban J connectivity index is 1.65. The molecule has 8 heteroatoms. The summed E-state index contributed by atoms with van der Waals surface area (Å²) in [5, 5.41) is 31.6. The molecule has 4 rings (SSSR count). The molecule has 1 unspecified atom stereocenters. The molecule has 1 heterocycles. The number of hydrogen-bond acceptors (Lipinski definition) is 7. The molecule has 1 aliphatic carbocycles. The van der Waals surface area contributed by atoms with E-state index in [2.05, 4.69) is 15.5 Å². The number of nitrogens with zero attached hydrogens (tertiary/aromatic N) is 2. The lowest BCUT2D eigenvalue weighted by molar-refractivity contribution is -0.118. The summed E-state index contributed by atoms with van der Waals surface area (Å²) in [5.74, 6) is 0.886. The van der Waals surface area contributed by atoms with Gasteiger partial charge in [0.15, 0.2) is 0 Å². The van der Waals surface area contributed by atoms with E-state index in [0.29, 0.717) is 25.3 Å². The fourth-order valence-corrected chi connectivity index (χ4v) is 4.81. The van der Waals surface area contributed by atoms with E-state index in [4.69, 9.17) is 4.74 Å². The molecule has 1 aliphatic rings. The largest absolute Gasteiger partial charge is 0.508 e. The fourth-order valence-electron chi connectivity index (χ4n) is 4.44. The molecule has 0 fully saturated rings. The molecule has 184 valence electrons. The summed E-state index contributed by atoms with van der Waals surface area (Å²) in [5.41, 5.74) is 5.69. The van der Waals surface area contributed by atoms with E-state index < -0.39 is 0 Å². The van der Waals surface area contributed by atoms with Gasteiger partial charge in [-0.3, -0.25) is 4.79 Å². The zero-order chi connectivity index (χ0) is 24.6. The molecular weight excluding hydrogens is 462 g/mol. The number of rotatable bonds is 8. The zero-order valence-electron chi connectivity index (χ0n) is 19.9. The van der Waals surface area contributed by atoms with Crippen molar-refractivity contribution >= 4 is 17.7 Å². The van der Waals surface area contributed by atoms with Gasteiger partial charge in [0.25, 0.3) is 0 Å². The van der Waals surface area contributed by atoms with Crippen molar-refractivity contribution in [3.63, 3.8) is 0 Å². The smallest absolute Gasteiger partial charge is 0.230 e. The Hall–Kier alpha value is -3.10. The molecule has 0 bridgehead atoms. The maximum Gasteiger partial charge on any atom is 0.230 e. The van der Waals surface area contributed by atoms with Gasteiger partial charge in [0.2, 0.25) is 5.91 Å². The Morgan fingerprint density at radius 2 is 1.57 bits per heavy atom. The molecule has 0 aliphatic heterocycles. The fraction of sp³-hybridized carbons (Fsp3) is 0.370. The van der Waals surface area contributed by atoms with Crippen molar-refractivity contribution in [2.75, 3.05) is 25.2 Å². The molecule has 0 radical (unpaired) electrons. The molecule has 3 N–H and O–H groups in total. The molecule has 1 amide bonds. The average molecular weight is 494 g/mol. The number of amides is 1. The van der Waals surface area contributed by atoms with Gasteiger partial charge in [-0.15, -0.1) is 10.2 Å². The van der Waals surface area contributed by atoms with Crippen LogP contribution in [0.15, 0.2) is 48.5 Å². The van der Waals surface area contributed by atoms with Crippen LogP contribution in [0.1, 0.15) is 30.4 Å². The van der Waals surface area contributed by atoms with Gasteiger partial charge < -0.3 is 20.3 Å². The van der Waals surface area contributed by atoms with E-state index in [1.54, 1.807) is 24.3 Å². The normalized spacial score (nSPS) is 15.6. The van der Waals surface area contributed by atoms with Crippen molar-refractivity contribution < 1.29 is 19.7 Å². The number of phenols is 2. The minimum atomic E-state index is -0.000708. The first kappa shape index (κ1) is 25.0. The molecule has 7 nitrogen and oxygen atoms in total. The van der Waals surface area contributed by atoms with Gasteiger partial charge in [-0.2, -0.15) is 11.8 Å². The van der Waals surface area contributed by atoms with Crippen LogP contribution in [0.4, 0.5) is 0 Å². The molecule has 0 spiro atoms. The van der Waals surface area contributed by atoms with Crippen LogP contribution in [0, 0.1) is 0 Å². The Labute approximate surface area is 209 Å². The molecule has 0 saturated heterocycles. The van der Waals surface area contributed by atoms with Crippen LogP contribution in [0.5, 0.6) is 11.5 Å². The van der Waals surface area contributed by atoms with Crippen molar-refractivity contribution in [2.45, 2.75) is 38.2 Å². The Morgan fingerprint density at radius 1 is 0.971 bits per heavy atom. The van der Waals surface area contributed by atoms with E-state index >= 15 is 0 Å². The number of phenolic OH excluding ortho intramolecular Hbond substituents is 2. The van der Waals surface area contributed by atoms with Crippen molar-refractivity contribution in [2.24, 2.45) is 0 Å². The number of nitrogens with one attached hydrogen (secondary N) is 1. The molecule has 0 saturated carbocycles. The van der Waals surface area contributed by atoms with Crippen molar-refractivity contribution in [3.05, 3.63) is 59.7 Å². The monoisotopic (exact) mass is 493 g/mol. The quantitative estimate of drug-likeness (QED) is 0.401. The van der Waals surface area contributed by atoms with Crippen molar-refractivity contribution in [3.8, 4) is 34.0 Å². The first-order valence-electron chi connectivity index (χ1n) is 11.9. The SMILES string of the molecule is CSCC(=O)NCCOC1CCCCc2c(-c3ccc(O)cc3)nnc(-c3ccc(O)cc3)c2C1. The van der Waals surface area contributed by atoms with E-state index in [9.17, 15) is 15.0 Å². The Morgan fingerprint density at radius 3 is 2.17 bits per heavy atom. The third kappa shape index (κ3) is 6.52. The van der Waals surface area contributed by atoms with Gasteiger partial charge in [-0.05, 0) is 85.2 Å². The van der Waals surface area contributed by atoms with Gasteiger partial charge >= 0.3 is 0 Å². The van der Waals surface area contributed by atoms with E-state index in [-0.39, 0.29) is 23.5 Å². The number of fused-ring (bicyclic) bond motifs is 1. The van der Waals surface area contributed by atoms with Gasteiger partial charge in [0.1, 0.15) is 11.5 Å². The standard InChI is InChI=1S/C27H31N3O4S/c1-35-17-25(33)28-14-15-34-22-4-2-3-5-23-24(16-22)27(19-8-12-21(32)13-9-19)30-29-26(23)18-6-10-20(31)11-7-18/h6-13,22,31-32H,2-5,14-17H2,1H3,(H,28,33). The minimum absolute atomic E-state index is 0.000708. The van der Waals surface area contributed by atoms with Crippen molar-refractivity contribution in [1.82, 2.24) is 15.5 Å². The maximum atomic E-state index is 11.7. The number of carbonyl (C=O) groups excluding carboxylic acids is 1. The lowest BCUT2D eigenvalue weighted by Crippen LogP contribution is -2.31. The number of aromatic nitrogens is 2. The zero-order valence-corrected chi connectivity index (χ0v) is 20.7. The number of carbonyl (C=O) groups is 1. The number of aromatic hydroxyl groups is 2. The van der Waals surface area contributed by atoms with Gasteiger partial charge in [-0.25, -0.2) is 0 Å². The lowest BCUT2D eigenvalue weighted by Gasteiger charge is -2.25. The first-order valence-corrected chi connectivity index (χ1v) is 13.3. The highest BCUT2D eigenvalue weighted by Gasteiger charge is 2.24. The Bertz CT molecular complexity index is 1140. The van der Waals surface area contributed by atoms with Crippen molar-refractivity contribution in [1.29, 1.82) is 0 Å². The highest BCUT2D eigenvalue weighted by molar-refractivity contribution is 7.99. The molecule has 3 aromatic rings. The summed E-state index contributed by atoms with van der Waals surface area (Å²) in [7, 11) is 0. The van der Waals surface area contributed by atoms with Gasteiger partial charge in [-0.1, -0.05) is 6.42 Å². The summed E-state index contributed by atoms with van der Waals surface area (Å²) in [6.07, 6.45) is 6.44. The molecule has 2 aromatic carbocycles. The highest BCUT2D eigenvalue weighted by atomic mass is 32.2. The third-order valence-electron chi connectivity index (χ3n) is 6.16. The minimum Gasteiger partial charge on any atom is -0.508 e. The second kappa shape index (κ2) is 12.0. The van der Waals surface area contributed by atoms with Gasteiger partial charge in [0.05, 0.1) is 29.9 Å². The second-order valence-corrected chi connectivity index (χ2v) is 9.54. The van der Waals surface area contributed by atoms with Crippen LogP contribution < -0.4 is 5.32 Å². The number of thioether (sulfide) groups is 1. The average Bonchev–Trinajstić information content (AvgIpc) is 2.84. The van der Waals surface area contributed by atoms with Crippen LogP contribution in [0.2, 0.25) is 0 Å². The van der Waals surface area contributed by atoms with Crippen LogP contribution in [-0.2, 0) is 22.4 Å². The Kier molecular flexibility index (Phi) is 8.60. The summed E-state index contributed by atoms with van der Waals surface area (Å²) in [6.45, 7) is 0.943. The number of benzene rings is 2. The van der Waals surface area contributed by atoms with Crippen LogP contribution in [0.3, 0.4) is 0 Å². The number of ether oxygens (including phenoxy) is 1. The second-order valence-electron chi connectivity index (χ2n) is 8.67. The van der Waals surface area contributed by atoms with E-state index in [0.717, 1.165) is 59.3 Å². The predicted octanol–water partition coefficient (Wildman–Crippen LogP) is 4.36. The maximum absolute atomic E-state index is 11.7. The van der Waals surface area contributed by atoms with Gasteiger partial charge in [0, 0.05) is 24.1 Å². The van der Waals surface area contributed by atoms with Crippen LogP contribution in [0.25, 0.3) is 22.5 Å². The molecule has 35 heavy (non-hydrogen) atoms. The highest BCUT2D eigenvalue weighted by Crippen LogP contribution is 2.35. The first-order chi connectivity index (χ1) is 17.0. The van der Waals surface area contributed by atoms with E-state index in [1.165, 1.54) is 11.8 Å². The summed E-state index contributed by atoms with van der Waals surface area (Å²) < 4.78 is 6.23. The van der Waals surface area contributed by atoms with Crippen LogP contribution in [-0.4, -0.2) is 57.6 Å². The topological polar surface area (TPSA) is 105 Å². The predicted molar refractivity (Wildman–Crippen MR) is 139 cm³/mol. The number of hydrogen-bond donors (Lipinski definition) is 3. The third-order valence-corrected chi connectivity index (χ3v) is 6.71. The summed E-state index contributed by atoms with van der Waals surface area (Å²) in [6, 6.07) is 14.1. The van der Waals surface area contributed by atoms with E-state index in [1.807, 2.05) is 30.5 Å². The molecule has 1 atom stereocenters. The summed E-state index contributed by atoms with van der Waals surface area (Å²) in [4.78, 5) is 11.7. The molecule has 1 aromatic heterocycles. The molecular formula is C27H31N3O4S. The van der Waals surface area contributed by atoms with Crippen LogP contribution >= 0.6 is 11.8 Å². The lowest BCUT2D eigenvalue weighted by atomic mass is 9.87.